The van der Waals surface area contributed by atoms with Crippen LogP contribution in [0.25, 0.3) is 0 Å². The molecule has 0 rings (SSSR count). The van der Waals surface area contributed by atoms with Gasteiger partial charge in [0.15, 0.2) is 0 Å². The van der Waals surface area contributed by atoms with Gasteiger partial charge in [0.05, 0.1) is 4.32 Å². The first-order chi connectivity index (χ1) is 4.48. The molecule has 0 fully saturated rings. The number of nitrogens with one attached hydrogen (secondary N) is 1. The Bertz CT molecular complexity index is 90.1. The van der Waals surface area contributed by atoms with Crippen LogP contribution in [0.1, 0.15) is 27.2 Å². The Labute approximate surface area is 71.1 Å². The van der Waals surface area contributed by atoms with E-state index in [0.717, 1.165) is 13.0 Å². The number of hydrogen-bond donors (Lipinski definition) is 2. The maximum Gasteiger partial charge on any atom is 0.119 e. The number of rotatable bonds is 4. The lowest BCUT2D eigenvalue weighted by Gasteiger charge is -2.24. The predicted octanol–water partition coefficient (Wildman–Crippen LogP) is 1.48. The van der Waals surface area contributed by atoms with Crippen molar-refractivity contribution in [1.29, 1.82) is 0 Å². The van der Waals surface area contributed by atoms with Crippen LogP contribution in [-0.2, 0) is 0 Å². The van der Waals surface area contributed by atoms with E-state index < -0.39 is 6.23 Å². The molecule has 0 aromatic rings. The van der Waals surface area contributed by atoms with Crippen molar-refractivity contribution in [3.8, 4) is 0 Å². The number of hydrogen-bond acceptors (Lipinski definition) is 2. The topological polar surface area (TPSA) is 32.3 Å². The molecule has 0 saturated heterocycles. The molecule has 1 unspecified atom stereocenters. The standard InChI is InChI=1S/C7H16BrNO/c1-4-5-9-6(10)7(2,3)8/h6,9-10H,4-5H2,1-3H3. The minimum atomic E-state index is -0.465. The van der Waals surface area contributed by atoms with Crippen LogP contribution in [0.2, 0.25) is 0 Å². The lowest BCUT2D eigenvalue weighted by molar-refractivity contribution is 0.110. The van der Waals surface area contributed by atoms with Gasteiger partial charge in [0, 0.05) is 0 Å². The van der Waals surface area contributed by atoms with E-state index in [0.29, 0.717) is 0 Å². The van der Waals surface area contributed by atoms with Crippen LogP contribution in [0, 0.1) is 0 Å². The Morgan fingerprint density at radius 3 is 2.40 bits per heavy atom. The molecule has 0 saturated carbocycles. The number of halogens is 1. The molecule has 1 atom stereocenters. The molecule has 0 radical (unpaired) electrons. The average Bonchev–Trinajstić information content (AvgIpc) is 1.80. The number of aliphatic hydroxyl groups excluding tert-OH is 1. The van der Waals surface area contributed by atoms with E-state index in [1.54, 1.807) is 0 Å². The highest BCUT2D eigenvalue weighted by molar-refractivity contribution is 9.10. The second-order valence-corrected chi connectivity index (χ2v) is 4.96. The van der Waals surface area contributed by atoms with Gasteiger partial charge in [-0.2, -0.15) is 0 Å². The molecule has 0 heterocycles. The summed E-state index contributed by atoms with van der Waals surface area (Å²) in [6.07, 6.45) is 0.576. The summed E-state index contributed by atoms with van der Waals surface area (Å²) in [5, 5.41) is 12.3. The van der Waals surface area contributed by atoms with Crippen LogP contribution in [0.5, 0.6) is 0 Å². The van der Waals surface area contributed by atoms with Gasteiger partial charge in [0.25, 0.3) is 0 Å². The van der Waals surface area contributed by atoms with Crippen molar-refractivity contribution in [2.75, 3.05) is 6.54 Å². The summed E-state index contributed by atoms with van der Waals surface area (Å²) < 4.78 is -0.234. The molecular formula is C7H16BrNO. The molecule has 0 aliphatic heterocycles. The van der Waals surface area contributed by atoms with Crippen LogP contribution < -0.4 is 5.32 Å². The van der Waals surface area contributed by atoms with Crippen LogP contribution in [0.4, 0.5) is 0 Å². The second-order valence-electron chi connectivity index (χ2n) is 2.92. The number of alkyl halides is 1. The zero-order valence-electron chi connectivity index (χ0n) is 6.82. The fraction of sp³-hybridized carbons (Fsp3) is 1.00. The normalized spacial score (nSPS) is 15.3. The second kappa shape index (κ2) is 4.31. The monoisotopic (exact) mass is 209 g/mol. The van der Waals surface area contributed by atoms with Gasteiger partial charge < -0.3 is 5.11 Å². The minimum absolute atomic E-state index is 0.234. The molecule has 0 spiro atoms. The van der Waals surface area contributed by atoms with Gasteiger partial charge in [-0.1, -0.05) is 22.9 Å². The molecule has 0 aliphatic carbocycles. The lowest BCUT2D eigenvalue weighted by Crippen LogP contribution is -2.42. The third-order valence-corrected chi connectivity index (χ3v) is 1.67. The zero-order valence-corrected chi connectivity index (χ0v) is 8.40. The summed E-state index contributed by atoms with van der Waals surface area (Å²) in [5.74, 6) is 0. The molecule has 10 heavy (non-hydrogen) atoms. The van der Waals surface area contributed by atoms with Crippen molar-refractivity contribution in [3.05, 3.63) is 0 Å². The fourth-order valence-corrected chi connectivity index (χ4v) is 0.686. The summed E-state index contributed by atoms with van der Waals surface area (Å²) in [6.45, 7) is 6.79. The molecule has 0 aliphatic rings. The van der Waals surface area contributed by atoms with Gasteiger partial charge in [0.2, 0.25) is 0 Å². The van der Waals surface area contributed by atoms with E-state index in [1.165, 1.54) is 0 Å². The Kier molecular flexibility index (Phi) is 4.49. The van der Waals surface area contributed by atoms with Crippen molar-refractivity contribution in [2.24, 2.45) is 0 Å². The molecule has 0 bridgehead atoms. The summed E-state index contributed by atoms with van der Waals surface area (Å²) in [4.78, 5) is 0. The van der Waals surface area contributed by atoms with Crippen LogP contribution in [0.15, 0.2) is 0 Å². The Balaban J connectivity index is 3.52. The van der Waals surface area contributed by atoms with Gasteiger partial charge in [-0.15, -0.1) is 0 Å². The van der Waals surface area contributed by atoms with Crippen LogP contribution in [0.3, 0.4) is 0 Å². The largest absolute Gasteiger partial charge is 0.377 e. The highest BCUT2D eigenvalue weighted by Crippen LogP contribution is 2.18. The van der Waals surface area contributed by atoms with Crippen molar-refractivity contribution in [1.82, 2.24) is 5.32 Å². The smallest absolute Gasteiger partial charge is 0.119 e. The minimum Gasteiger partial charge on any atom is -0.377 e. The third kappa shape index (κ3) is 4.25. The molecule has 0 aromatic heterocycles. The first kappa shape index (κ1) is 10.4. The van der Waals surface area contributed by atoms with Gasteiger partial charge >= 0.3 is 0 Å². The third-order valence-electron chi connectivity index (χ3n) is 1.24. The van der Waals surface area contributed by atoms with E-state index in [9.17, 15) is 5.11 Å². The highest BCUT2D eigenvalue weighted by atomic mass is 79.9. The predicted molar refractivity (Wildman–Crippen MR) is 47.3 cm³/mol. The quantitative estimate of drug-likeness (QED) is 0.544. The van der Waals surface area contributed by atoms with E-state index in [4.69, 9.17) is 0 Å². The molecule has 2 nitrogen and oxygen atoms in total. The van der Waals surface area contributed by atoms with Gasteiger partial charge in [0.1, 0.15) is 6.23 Å². The molecule has 62 valence electrons. The molecular weight excluding hydrogens is 194 g/mol. The Morgan fingerprint density at radius 1 is 1.60 bits per heavy atom. The SMILES string of the molecule is CCCNC(O)C(C)(C)Br. The van der Waals surface area contributed by atoms with Crippen LogP contribution >= 0.6 is 15.9 Å². The Hall–Kier alpha value is 0.400. The first-order valence-electron chi connectivity index (χ1n) is 3.59. The van der Waals surface area contributed by atoms with E-state index in [-0.39, 0.29) is 4.32 Å². The molecule has 0 amide bonds. The Morgan fingerprint density at radius 2 is 2.10 bits per heavy atom. The van der Waals surface area contributed by atoms with Crippen molar-refractivity contribution < 1.29 is 5.11 Å². The van der Waals surface area contributed by atoms with Gasteiger partial charge in [-0.05, 0) is 26.8 Å². The summed E-state index contributed by atoms with van der Waals surface area (Å²) in [6, 6.07) is 0. The van der Waals surface area contributed by atoms with E-state index in [2.05, 4.69) is 28.2 Å². The van der Waals surface area contributed by atoms with E-state index >= 15 is 0 Å². The summed E-state index contributed by atoms with van der Waals surface area (Å²) >= 11 is 3.36. The van der Waals surface area contributed by atoms with E-state index in [1.807, 2.05) is 13.8 Å². The summed E-state index contributed by atoms with van der Waals surface area (Å²) in [5.41, 5.74) is 0. The van der Waals surface area contributed by atoms with Crippen molar-refractivity contribution in [3.63, 3.8) is 0 Å². The van der Waals surface area contributed by atoms with Crippen molar-refractivity contribution in [2.45, 2.75) is 37.7 Å². The maximum atomic E-state index is 9.36. The van der Waals surface area contributed by atoms with Crippen molar-refractivity contribution >= 4 is 15.9 Å². The first-order valence-corrected chi connectivity index (χ1v) is 4.38. The van der Waals surface area contributed by atoms with Gasteiger partial charge in [-0.25, -0.2) is 0 Å². The molecule has 0 aromatic carbocycles. The summed E-state index contributed by atoms with van der Waals surface area (Å²) in [7, 11) is 0. The fourth-order valence-electron chi connectivity index (χ4n) is 0.524. The van der Waals surface area contributed by atoms with Gasteiger partial charge in [-0.3, -0.25) is 5.32 Å². The lowest BCUT2D eigenvalue weighted by atomic mass is 10.2. The zero-order chi connectivity index (χ0) is 8.20. The highest BCUT2D eigenvalue weighted by Gasteiger charge is 2.22. The maximum absolute atomic E-state index is 9.36. The molecule has 3 heteroatoms. The average molecular weight is 210 g/mol. The van der Waals surface area contributed by atoms with Crippen LogP contribution in [-0.4, -0.2) is 22.2 Å². The number of aliphatic hydroxyl groups is 1. The molecule has 2 N–H and O–H groups in total.